The van der Waals surface area contributed by atoms with Crippen molar-refractivity contribution in [1.82, 2.24) is 10.3 Å². The van der Waals surface area contributed by atoms with Gasteiger partial charge >= 0.3 is 0 Å². The normalized spacial score (nSPS) is 10.8. The summed E-state index contributed by atoms with van der Waals surface area (Å²) in [7, 11) is 0. The Labute approximate surface area is 118 Å². The Morgan fingerprint density at radius 2 is 2.28 bits per heavy atom. The number of rotatable bonds is 5. The fourth-order valence-corrected chi connectivity index (χ4v) is 2.62. The molecule has 0 fully saturated rings. The molecule has 0 saturated carbocycles. The van der Waals surface area contributed by atoms with E-state index in [0.717, 1.165) is 29.2 Å². The highest BCUT2D eigenvalue weighted by molar-refractivity contribution is 9.10. The van der Waals surface area contributed by atoms with Crippen LogP contribution in [0.15, 0.2) is 28.1 Å². The Hall–Kier alpha value is -0.780. The maximum Gasteiger partial charge on any atom is 0.137 e. The summed E-state index contributed by atoms with van der Waals surface area (Å²) in [5.74, 6) is -0.218. The third-order valence-electron chi connectivity index (χ3n) is 2.50. The predicted octanol–water partition coefficient (Wildman–Crippen LogP) is 3.69. The minimum atomic E-state index is -0.218. The van der Waals surface area contributed by atoms with Gasteiger partial charge in [0.2, 0.25) is 0 Å². The molecule has 1 heterocycles. The summed E-state index contributed by atoms with van der Waals surface area (Å²) in [6.45, 7) is 3.53. The van der Waals surface area contributed by atoms with Crippen molar-refractivity contribution in [3.63, 3.8) is 0 Å². The van der Waals surface area contributed by atoms with Crippen LogP contribution in [0.3, 0.4) is 0 Å². The van der Waals surface area contributed by atoms with Crippen molar-refractivity contribution in [2.75, 3.05) is 6.54 Å². The molecule has 2 nitrogen and oxygen atoms in total. The first-order valence-electron chi connectivity index (χ1n) is 5.71. The Bertz CT molecular complexity index is 527. The Kier molecular flexibility index (Phi) is 4.86. The van der Waals surface area contributed by atoms with Gasteiger partial charge in [-0.25, -0.2) is 9.37 Å². The molecule has 5 heteroatoms. The van der Waals surface area contributed by atoms with E-state index in [2.05, 4.69) is 31.6 Å². The largest absolute Gasteiger partial charge is 0.312 e. The lowest BCUT2D eigenvalue weighted by Crippen LogP contribution is -2.16. The summed E-state index contributed by atoms with van der Waals surface area (Å²) in [6, 6.07) is 5.19. The van der Waals surface area contributed by atoms with Gasteiger partial charge in [0, 0.05) is 30.6 Å². The molecule has 1 N–H and O–H groups in total. The number of nitrogens with zero attached hydrogens (tertiary/aromatic N) is 1. The fourth-order valence-electron chi connectivity index (χ4n) is 1.60. The number of thiazole rings is 1. The van der Waals surface area contributed by atoms with Crippen LogP contribution < -0.4 is 5.32 Å². The van der Waals surface area contributed by atoms with E-state index >= 15 is 0 Å². The minimum absolute atomic E-state index is 0.218. The molecule has 0 bridgehead atoms. The first-order valence-corrected chi connectivity index (χ1v) is 7.38. The molecule has 0 aliphatic rings. The van der Waals surface area contributed by atoms with Gasteiger partial charge in [-0.1, -0.05) is 6.07 Å². The summed E-state index contributed by atoms with van der Waals surface area (Å²) >= 11 is 4.82. The van der Waals surface area contributed by atoms with Crippen LogP contribution in [0.5, 0.6) is 0 Å². The van der Waals surface area contributed by atoms with Crippen molar-refractivity contribution in [2.45, 2.75) is 19.9 Å². The molecule has 18 heavy (non-hydrogen) atoms. The number of hydrogen-bond acceptors (Lipinski definition) is 3. The molecular formula is C13H14BrFN2S. The highest BCUT2D eigenvalue weighted by atomic mass is 79.9. The average Bonchev–Trinajstić information content (AvgIpc) is 2.75. The molecule has 2 rings (SSSR count). The van der Waals surface area contributed by atoms with E-state index in [0.29, 0.717) is 11.0 Å². The molecule has 96 valence electrons. The molecule has 0 spiro atoms. The lowest BCUT2D eigenvalue weighted by atomic mass is 10.2. The average molecular weight is 329 g/mol. The molecule has 0 atom stereocenters. The van der Waals surface area contributed by atoms with Crippen molar-refractivity contribution in [3.8, 4) is 0 Å². The Morgan fingerprint density at radius 3 is 2.94 bits per heavy atom. The molecule has 0 amide bonds. The predicted molar refractivity (Wildman–Crippen MR) is 76.4 cm³/mol. The quantitative estimate of drug-likeness (QED) is 0.847. The number of aryl methyl sites for hydroxylation is 1. The molecule has 0 saturated heterocycles. The highest BCUT2D eigenvalue weighted by Crippen LogP contribution is 2.16. The van der Waals surface area contributed by atoms with E-state index in [-0.39, 0.29) is 5.82 Å². The third-order valence-corrected chi connectivity index (χ3v) is 4.16. The van der Waals surface area contributed by atoms with Gasteiger partial charge in [0.05, 0.1) is 9.48 Å². The van der Waals surface area contributed by atoms with Crippen LogP contribution >= 0.6 is 27.3 Å². The van der Waals surface area contributed by atoms with Crippen molar-refractivity contribution in [3.05, 3.63) is 50.1 Å². The molecule has 1 aromatic heterocycles. The van der Waals surface area contributed by atoms with Crippen LogP contribution in [0.1, 0.15) is 16.3 Å². The van der Waals surface area contributed by atoms with Crippen molar-refractivity contribution in [2.24, 2.45) is 0 Å². The molecule has 0 radical (unpaired) electrons. The number of hydrogen-bond donors (Lipinski definition) is 1. The van der Waals surface area contributed by atoms with Crippen LogP contribution in [0.25, 0.3) is 0 Å². The summed E-state index contributed by atoms with van der Waals surface area (Å²) in [4.78, 5) is 4.39. The second-order valence-electron chi connectivity index (χ2n) is 4.06. The number of halogens is 2. The summed E-state index contributed by atoms with van der Waals surface area (Å²) in [5.41, 5.74) is 2.02. The molecular weight excluding hydrogens is 315 g/mol. The first kappa shape index (κ1) is 13.6. The maximum absolute atomic E-state index is 13.3. The van der Waals surface area contributed by atoms with Gasteiger partial charge in [-0.05, 0) is 40.5 Å². The number of benzene rings is 1. The summed E-state index contributed by atoms with van der Waals surface area (Å²) in [5, 5.41) is 6.49. The van der Waals surface area contributed by atoms with E-state index in [4.69, 9.17) is 0 Å². The Balaban J connectivity index is 1.76. The molecule has 1 aromatic carbocycles. The highest BCUT2D eigenvalue weighted by Gasteiger charge is 2.01. The van der Waals surface area contributed by atoms with E-state index in [1.165, 1.54) is 0 Å². The van der Waals surface area contributed by atoms with Gasteiger partial charge in [0.25, 0.3) is 0 Å². The van der Waals surface area contributed by atoms with Gasteiger partial charge in [-0.15, -0.1) is 11.3 Å². The molecule has 0 aliphatic heterocycles. The smallest absolute Gasteiger partial charge is 0.137 e. The number of aromatic nitrogens is 1. The van der Waals surface area contributed by atoms with Gasteiger partial charge in [-0.3, -0.25) is 0 Å². The van der Waals surface area contributed by atoms with Crippen LogP contribution in [0.4, 0.5) is 4.39 Å². The van der Waals surface area contributed by atoms with Crippen molar-refractivity contribution < 1.29 is 4.39 Å². The van der Waals surface area contributed by atoms with Crippen LogP contribution in [-0.2, 0) is 13.0 Å². The van der Waals surface area contributed by atoms with E-state index < -0.39 is 0 Å². The van der Waals surface area contributed by atoms with Gasteiger partial charge in [0.1, 0.15) is 5.82 Å². The summed E-state index contributed by atoms with van der Waals surface area (Å²) < 4.78 is 13.8. The lowest BCUT2D eigenvalue weighted by Gasteiger charge is -2.04. The zero-order valence-electron chi connectivity index (χ0n) is 10.0. The van der Waals surface area contributed by atoms with Crippen LogP contribution in [-0.4, -0.2) is 11.5 Å². The van der Waals surface area contributed by atoms with Crippen LogP contribution in [0, 0.1) is 12.7 Å². The first-order chi connectivity index (χ1) is 8.65. The van der Waals surface area contributed by atoms with Crippen LogP contribution in [0.2, 0.25) is 0 Å². The van der Waals surface area contributed by atoms with Crippen molar-refractivity contribution in [1.29, 1.82) is 0 Å². The second-order valence-corrected chi connectivity index (χ2v) is 5.85. The zero-order valence-corrected chi connectivity index (χ0v) is 12.4. The van der Waals surface area contributed by atoms with E-state index in [9.17, 15) is 4.39 Å². The third kappa shape index (κ3) is 3.86. The van der Waals surface area contributed by atoms with Gasteiger partial charge < -0.3 is 5.32 Å². The zero-order chi connectivity index (χ0) is 13.0. The fraction of sp³-hybridized carbons (Fsp3) is 0.308. The lowest BCUT2D eigenvalue weighted by molar-refractivity contribution is 0.613. The Morgan fingerprint density at radius 1 is 1.44 bits per heavy atom. The topological polar surface area (TPSA) is 24.9 Å². The standard InChI is InChI=1S/C13H14BrFN2S/c1-9-8-18-13(17-9)4-5-16-7-10-2-3-11(14)12(15)6-10/h2-3,6,8,16H,4-5,7H2,1H3. The molecule has 0 unspecified atom stereocenters. The van der Waals surface area contributed by atoms with Crippen molar-refractivity contribution >= 4 is 27.3 Å². The van der Waals surface area contributed by atoms with E-state index in [1.807, 2.05) is 13.0 Å². The summed E-state index contributed by atoms with van der Waals surface area (Å²) in [6.07, 6.45) is 0.914. The second kappa shape index (κ2) is 6.41. The van der Waals surface area contributed by atoms with Gasteiger partial charge in [-0.2, -0.15) is 0 Å². The van der Waals surface area contributed by atoms with E-state index in [1.54, 1.807) is 23.5 Å². The monoisotopic (exact) mass is 328 g/mol. The maximum atomic E-state index is 13.3. The van der Waals surface area contributed by atoms with Gasteiger partial charge in [0.15, 0.2) is 0 Å². The molecule has 0 aliphatic carbocycles. The SMILES string of the molecule is Cc1csc(CCNCc2ccc(Br)c(F)c2)n1. The minimum Gasteiger partial charge on any atom is -0.312 e. The number of nitrogens with one attached hydrogen (secondary N) is 1. The molecule has 2 aromatic rings.